The van der Waals surface area contributed by atoms with Crippen LogP contribution in [0.1, 0.15) is 77.6 Å². The van der Waals surface area contributed by atoms with Crippen molar-refractivity contribution in [1.29, 1.82) is 0 Å². The van der Waals surface area contributed by atoms with Crippen LogP contribution in [0.5, 0.6) is 0 Å². The molecular weight excluding hydrogens is 412 g/mol. The fourth-order valence-electron chi connectivity index (χ4n) is 5.12. The molecule has 2 aliphatic rings. The number of anilines is 2. The van der Waals surface area contributed by atoms with Crippen LogP contribution in [0.4, 0.5) is 11.5 Å². The Bertz CT molecular complexity index is 1110. The number of hydrogen-bond acceptors (Lipinski definition) is 5. The number of rotatable bonds is 4. The van der Waals surface area contributed by atoms with Gasteiger partial charge in [-0.15, -0.1) is 0 Å². The minimum absolute atomic E-state index is 0.0669. The fourth-order valence-corrected chi connectivity index (χ4v) is 5.12. The van der Waals surface area contributed by atoms with Crippen LogP contribution in [-0.2, 0) is 12.8 Å². The number of nitrogens with zero attached hydrogens (tertiary/aromatic N) is 4. The van der Waals surface area contributed by atoms with Gasteiger partial charge < -0.3 is 10.2 Å². The molecule has 2 N–H and O–H groups in total. The second-order valence-corrected chi connectivity index (χ2v) is 9.30. The largest absolute Gasteiger partial charge is 0.340 e. The molecular formula is C26H32N6O. The summed E-state index contributed by atoms with van der Waals surface area (Å²) in [6.45, 7) is 3.47. The second kappa shape index (κ2) is 9.73. The van der Waals surface area contributed by atoms with Crippen molar-refractivity contribution in [2.75, 3.05) is 18.4 Å². The van der Waals surface area contributed by atoms with Gasteiger partial charge in [-0.2, -0.15) is 5.10 Å². The Morgan fingerprint density at radius 2 is 2.00 bits per heavy atom. The maximum Gasteiger partial charge on any atom is 0.274 e. The molecule has 0 aromatic carbocycles. The summed E-state index contributed by atoms with van der Waals surface area (Å²) in [5.41, 5.74) is 5.93. The number of piperidine rings is 1. The van der Waals surface area contributed by atoms with Crippen molar-refractivity contribution in [2.24, 2.45) is 0 Å². The first-order valence-corrected chi connectivity index (χ1v) is 12.2. The van der Waals surface area contributed by atoms with Gasteiger partial charge in [0.1, 0.15) is 5.82 Å². The normalized spacial score (nSPS) is 18.8. The molecule has 0 spiro atoms. The van der Waals surface area contributed by atoms with Gasteiger partial charge in [0.05, 0.1) is 0 Å². The van der Waals surface area contributed by atoms with Crippen LogP contribution in [0.15, 0.2) is 36.5 Å². The van der Waals surface area contributed by atoms with E-state index in [1.165, 1.54) is 19.3 Å². The number of aryl methyl sites for hydroxylation is 2. The van der Waals surface area contributed by atoms with E-state index < -0.39 is 0 Å². The molecule has 4 heterocycles. The van der Waals surface area contributed by atoms with Gasteiger partial charge in [0.15, 0.2) is 5.69 Å². The van der Waals surface area contributed by atoms with Gasteiger partial charge >= 0.3 is 0 Å². The Balaban J connectivity index is 1.33. The number of carbonyl (C=O) groups is 1. The van der Waals surface area contributed by atoms with Crippen LogP contribution >= 0.6 is 0 Å². The molecule has 1 amide bonds. The van der Waals surface area contributed by atoms with Gasteiger partial charge in [-0.25, -0.2) is 4.98 Å². The van der Waals surface area contributed by atoms with Crippen molar-refractivity contribution in [2.45, 2.75) is 64.2 Å². The number of aromatic amines is 1. The van der Waals surface area contributed by atoms with Gasteiger partial charge in [-0.3, -0.25) is 14.9 Å². The van der Waals surface area contributed by atoms with Gasteiger partial charge in [-0.05, 0) is 69.7 Å². The molecule has 7 nitrogen and oxygen atoms in total. The Kier molecular flexibility index (Phi) is 6.37. The van der Waals surface area contributed by atoms with E-state index in [-0.39, 0.29) is 11.8 Å². The molecule has 7 heteroatoms. The molecule has 1 aliphatic heterocycles. The summed E-state index contributed by atoms with van der Waals surface area (Å²) in [4.78, 5) is 24.7. The zero-order valence-corrected chi connectivity index (χ0v) is 19.3. The Morgan fingerprint density at radius 1 is 1.12 bits per heavy atom. The van der Waals surface area contributed by atoms with Crippen molar-refractivity contribution in [3.63, 3.8) is 0 Å². The molecule has 3 aromatic heterocycles. The lowest BCUT2D eigenvalue weighted by atomic mass is 9.92. The number of fused-ring (bicyclic) bond motifs is 1. The molecule has 172 valence electrons. The SMILES string of the molecule is Cc1cc(Nc2ccccn2)cc(C2CCCN(C(=O)c3n[nH]c4c3CCCCCC4)C2)n1. The third-order valence-electron chi connectivity index (χ3n) is 6.80. The molecule has 1 fully saturated rings. The average Bonchev–Trinajstić information content (AvgIpc) is 3.20. The number of aromatic nitrogens is 4. The smallest absolute Gasteiger partial charge is 0.274 e. The first-order chi connectivity index (χ1) is 16.2. The van der Waals surface area contributed by atoms with Crippen LogP contribution in [0.3, 0.4) is 0 Å². The molecule has 1 aliphatic carbocycles. The molecule has 1 unspecified atom stereocenters. The lowest BCUT2D eigenvalue weighted by Crippen LogP contribution is -2.40. The van der Waals surface area contributed by atoms with Crippen molar-refractivity contribution in [3.8, 4) is 0 Å². The molecule has 1 atom stereocenters. The summed E-state index contributed by atoms with van der Waals surface area (Å²) in [6.07, 6.45) is 10.5. The van der Waals surface area contributed by atoms with Crippen molar-refractivity contribution < 1.29 is 4.79 Å². The van der Waals surface area contributed by atoms with Crippen molar-refractivity contribution in [3.05, 3.63) is 64.9 Å². The number of hydrogen-bond donors (Lipinski definition) is 2. The third kappa shape index (κ3) is 4.92. The molecule has 0 radical (unpaired) electrons. The highest BCUT2D eigenvalue weighted by molar-refractivity contribution is 5.94. The monoisotopic (exact) mass is 444 g/mol. The highest BCUT2D eigenvalue weighted by Crippen LogP contribution is 2.30. The van der Waals surface area contributed by atoms with Crippen LogP contribution in [0, 0.1) is 6.92 Å². The zero-order chi connectivity index (χ0) is 22.6. The number of pyridine rings is 2. The van der Waals surface area contributed by atoms with Crippen LogP contribution in [0.25, 0.3) is 0 Å². The van der Waals surface area contributed by atoms with Crippen LogP contribution in [-0.4, -0.2) is 44.1 Å². The summed E-state index contributed by atoms with van der Waals surface area (Å²) < 4.78 is 0. The highest BCUT2D eigenvalue weighted by atomic mass is 16.2. The number of amides is 1. The van der Waals surface area contributed by atoms with Crippen LogP contribution < -0.4 is 5.32 Å². The summed E-state index contributed by atoms with van der Waals surface area (Å²) in [7, 11) is 0. The first-order valence-electron chi connectivity index (χ1n) is 12.2. The molecule has 1 saturated heterocycles. The predicted octanol–water partition coefficient (Wildman–Crippen LogP) is 4.93. The maximum absolute atomic E-state index is 13.5. The Hall–Kier alpha value is -3.22. The van der Waals surface area contributed by atoms with E-state index in [0.717, 1.165) is 72.8 Å². The Morgan fingerprint density at radius 3 is 2.85 bits per heavy atom. The predicted molar refractivity (Wildman–Crippen MR) is 129 cm³/mol. The van der Waals surface area contributed by atoms with E-state index in [0.29, 0.717) is 12.2 Å². The van der Waals surface area contributed by atoms with E-state index in [9.17, 15) is 4.79 Å². The summed E-state index contributed by atoms with van der Waals surface area (Å²) in [5, 5.41) is 11.0. The molecule has 3 aromatic rings. The minimum Gasteiger partial charge on any atom is -0.340 e. The van der Waals surface area contributed by atoms with Crippen molar-refractivity contribution in [1.82, 2.24) is 25.1 Å². The standard InChI is InChI=1S/C26H32N6O/c1-18-15-20(29-24-12-6-7-13-27-24)16-23(28-18)19-9-8-14-32(17-19)26(33)25-21-10-4-2-3-5-11-22(21)30-31-25/h6-7,12-13,15-16,19H,2-5,8-11,14,17H2,1H3,(H,30,31)(H,27,28,29). The summed E-state index contributed by atoms with van der Waals surface area (Å²) >= 11 is 0. The second-order valence-electron chi connectivity index (χ2n) is 9.30. The zero-order valence-electron chi connectivity index (χ0n) is 19.3. The molecule has 0 saturated carbocycles. The summed E-state index contributed by atoms with van der Waals surface area (Å²) in [5.74, 6) is 1.09. The first kappa shape index (κ1) is 21.6. The molecule has 33 heavy (non-hydrogen) atoms. The van der Waals surface area contributed by atoms with E-state index >= 15 is 0 Å². The maximum atomic E-state index is 13.5. The van der Waals surface area contributed by atoms with Gasteiger partial charge in [0.2, 0.25) is 0 Å². The van der Waals surface area contributed by atoms with Gasteiger partial charge in [0.25, 0.3) is 5.91 Å². The summed E-state index contributed by atoms with van der Waals surface area (Å²) in [6, 6.07) is 9.95. The van der Waals surface area contributed by atoms with Gasteiger partial charge in [-0.1, -0.05) is 18.9 Å². The number of nitrogens with one attached hydrogen (secondary N) is 2. The van der Waals surface area contributed by atoms with Gasteiger partial charge in [0, 0.05) is 53.5 Å². The molecule has 5 rings (SSSR count). The molecule has 0 bridgehead atoms. The quantitative estimate of drug-likeness (QED) is 0.596. The minimum atomic E-state index is 0.0669. The van der Waals surface area contributed by atoms with E-state index in [1.54, 1.807) is 6.20 Å². The van der Waals surface area contributed by atoms with Crippen LogP contribution in [0.2, 0.25) is 0 Å². The number of H-pyrrole nitrogens is 1. The van der Waals surface area contributed by atoms with E-state index in [4.69, 9.17) is 4.98 Å². The lowest BCUT2D eigenvalue weighted by Gasteiger charge is -2.32. The third-order valence-corrected chi connectivity index (χ3v) is 6.80. The highest BCUT2D eigenvalue weighted by Gasteiger charge is 2.30. The lowest BCUT2D eigenvalue weighted by molar-refractivity contribution is 0.0698. The Labute approximate surface area is 195 Å². The van der Waals surface area contributed by atoms with E-state index in [2.05, 4.69) is 26.6 Å². The fraction of sp³-hybridized carbons (Fsp3) is 0.462. The van der Waals surface area contributed by atoms with E-state index in [1.807, 2.05) is 36.1 Å². The van der Waals surface area contributed by atoms with Crippen molar-refractivity contribution >= 4 is 17.4 Å². The number of carbonyl (C=O) groups excluding carboxylic acids is 1. The average molecular weight is 445 g/mol. The topological polar surface area (TPSA) is 86.8 Å². The number of likely N-dealkylation sites (tertiary alicyclic amines) is 1.